The summed E-state index contributed by atoms with van der Waals surface area (Å²) in [5.41, 5.74) is 1.45. The van der Waals surface area contributed by atoms with E-state index in [2.05, 4.69) is 71.3 Å². The summed E-state index contributed by atoms with van der Waals surface area (Å²) in [6, 6.07) is 9.04. The Morgan fingerprint density at radius 1 is 1.35 bits per heavy atom. The molecule has 0 aliphatic carbocycles. The molecule has 17 heavy (non-hydrogen) atoms. The first kappa shape index (κ1) is 12.9. The lowest BCUT2D eigenvalue weighted by atomic mass is 9.84. The fraction of sp³-hybridized carbons (Fsp3) is 0.571. The molecule has 1 aromatic carbocycles. The third kappa shape index (κ3) is 2.36. The molecule has 1 aliphatic heterocycles. The SMILES string of the molecule is CNC1CCCN(c2ccccc2Br)C1(C)C. The van der Waals surface area contributed by atoms with Gasteiger partial charge in [0.1, 0.15) is 0 Å². The number of halogens is 1. The van der Waals surface area contributed by atoms with Gasteiger partial charge in [-0.2, -0.15) is 0 Å². The van der Waals surface area contributed by atoms with Crippen LogP contribution in [0.5, 0.6) is 0 Å². The molecule has 1 atom stereocenters. The van der Waals surface area contributed by atoms with E-state index in [1.807, 2.05) is 0 Å². The van der Waals surface area contributed by atoms with Crippen LogP contribution in [-0.4, -0.2) is 25.2 Å². The van der Waals surface area contributed by atoms with Crippen LogP contribution >= 0.6 is 15.9 Å². The van der Waals surface area contributed by atoms with E-state index in [-0.39, 0.29) is 5.54 Å². The highest BCUT2D eigenvalue weighted by Gasteiger charge is 2.38. The van der Waals surface area contributed by atoms with E-state index in [1.165, 1.54) is 23.0 Å². The summed E-state index contributed by atoms with van der Waals surface area (Å²) in [5.74, 6) is 0. The molecular formula is C14H21BrN2. The molecular weight excluding hydrogens is 276 g/mol. The highest BCUT2D eigenvalue weighted by atomic mass is 79.9. The van der Waals surface area contributed by atoms with Crippen molar-refractivity contribution in [1.82, 2.24) is 5.32 Å². The van der Waals surface area contributed by atoms with Crippen molar-refractivity contribution >= 4 is 21.6 Å². The molecule has 0 aromatic heterocycles. The van der Waals surface area contributed by atoms with Gasteiger partial charge in [-0.25, -0.2) is 0 Å². The van der Waals surface area contributed by atoms with E-state index < -0.39 is 0 Å². The minimum absolute atomic E-state index is 0.150. The van der Waals surface area contributed by atoms with Crippen molar-refractivity contribution in [2.45, 2.75) is 38.3 Å². The maximum Gasteiger partial charge on any atom is 0.0515 e. The number of anilines is 1. The zero-order valence-corrected chi connectivity index (χ0v) is 12.4. The summed E-state index contributed by atoms with van der Waals surface area (Å²) in [4.78, 5) is 2.52. The van der Waals surface area contributed by atoms with Crippen molar-refractivity contribution in [1.29, 1.82) is 0 Å². The molecule has 0 amide bonds. The predicted octanol–water partition coefficient (Wildman–Crippen LogP) is 3.42. The topological polar surface area (TPSA) is 15.3 Å². The van der Waals surface area contributed by atoms with Gasteiger partial charge in [-0.3, -0.25) is 0 Å². The molecule has 1 N–H and O–H groups in total. The Bertz CT molecular complexity index is 390. The summed E-state index contributed by atoms with van der Waals surface area (Å²) in [6.45, 7) is 5.79. The lowest BCUT2D eigenvalue weighted by Crippen LogP contribution is -2.60. The molecule has 1 aromatic rings. The van der Waals surface area contributed by atoms with Crippen molar-refractivity contribution in [2.75, 3.05) is 18.5 Å². The third-order valence-electron chi connectivity index (χ3n) is 3.91. The average molecular weight is 297 g/mol. The number of benzene rings is 1. The van der Waals surface area contributed by atoms with Crippen LogP contribution in [0.25, 0.3) is 0 Å². The fourth-order valence-corrected chi connectivity index (χ4v) is 3.38. The smallest absolute Gasteiger partial charge is 0.0515 e. The van der Waals surface area contributed by atoms with Crippen LogP contribution in [0.2, 0.25) is 0 Å². The second-order valence-corrected chi connectivity index (χ2v) is 6.09. The Morgan fingerprint density at radius 2 is 2.06 bits per heavy atom. The largest absolute Gasteiger partial charge is 0.364 e. The molecule has 2 rings (SSSR count). The molecule has 0 radical (unpaired) electrons. The van der Waals surface area contributed by atoms with Gasteiger partial charge in [0.2, 0.25) is 0 Å². The zero-order valence-electron chi connectivity index (χ0n) is 10.8. The number of hydrogen-bond acceptors (Lipinski definition) is 2. The maximum atomic E-state index is 3.66. The second-order valence-electron chi connectivity index (χ2n) is 5.24. The Morgan fingerprint density at radius 3 is 2.71 bits per heavy atom. The molecule has 1 saturated heterocycles. The zero-order chi connectivity index (χ0) is 12.5. The summed E-state index contributed by atoms with van der Waals surface area (Å²) in [6.07, 6.45) is 2.50. The molecule has 2 nitrogen and oxygen atoms in total. The Labute approximate surface area is 113 Å². The van der Waals surface area contributed by atoms with Gasteiger partial charge in [0, 0.05) is 22.6 Å². The highest BCUT2D eigenvalue weighted by molar-refractivity contribution is 9.10. The maximum absolute atomic E-state index is 3.66. The van der Waals surface area contributed by atoms with E-state index >= 15 is 0 Å². The number of piperidine rings is 1. The lowest BCUT2D eigenvalue weighted by molar-refractivity contribution is 0.275. The van der Waals surface area contributed by atoms with Gasteiger partial charge < -0.3 is 10.2 Å². The van der Waals surface area contributed by atoms with Crippen molar-refractivity contribution in [2.24, 2.45) is 0 Å². The number of para-hydroxylation sites is 1. The van der Waals surface area contributed by atoms with E-state index in [1.54, 1.807) is 0 Å². The lowest BCUT2D eigenvalue weighted by Gasteiger charge is -2.49. The van der Waals surface area contributed by atoms with E-state index in [4.69, 9.17) is 0 Å². The Kier molecular flexibility index (Phi) is 3.79. The molecule has 1 unspecified atom stereocenters. The summed E-state index contributed by atoms with van der Waals surface area (Å²) in [5, 5.41) is 3.46. The van der Waals surface area contributed by atoms with Crippen LogP contribution in [0, 0.1) is 0 Å². The van der Waals surface area contributed by atoms with Gasteiger partial charge in [-0.1, -0.05) is 12.1 Å². The van der Waals surface area contributed by atoms with E-state index in [0.717, 1.165) is 6.54 Å². The molecule has 0 spiro atoms. The molecule has 1 heterocycles. The normalized spacial score (nSPS) is 23.8. The van der Waals surface area contributed by atoms with Gasteiger partial charge >= 0.3 is 0 Å². The summed E-state index contributed by atoms with van der Waals surface area (Å²) < 4.78 is 1.19. The van der Waals surface area contributed by atoms with E-state index in [9.17, 15) is 0 Å². The van der Waals surface area contributed by atoms with Gasteiger partial charge in [0.15, 0.2) is 0 Å². The van der Waals surface area contributed by atoms with Gasteiger partial charge in [-0.05, 0) is 61.8 Å². The van der Waals surface area contributed by atoms with Crippen molar-refractivity contribution < 1.29 is 0 Å². The van der Waals surface area contributed by atoms with Crippen LogP contribution in [0.1, 0.15) is 26.7 Å². The van der Waals surface area contributed by atoms with E-state index in [0.29, 0.717) is 6.04 Å². The average Bonchev–Trinajstić information content (AvgIpc) is 2.30. The van der Waals surface area contributed by atoms with Crippen LogP contribution in [-0.2, 0) is 0 Å². The number of hydrogen-bond donors (Lipinski definition) is 1. The highest BCUT2D eigenvalue weighted by Crippen LogP contribution is 2.36. The van der Waals surface area contributed by atoms with Crippen LogP contribution in [0.4, 0.5) is 5.69 Å². The third-order valence-corrected chi connectivity index (χ3v) is 4.59. The quantitative estimate of drug-likeness (QED) is 0.900. The Hall–Kier alpha value is -0.540. The molecule has 0 saturated carbocycles. The summed E-state index contributed by atoms with van der Waals surface area (Å²) >= 11 is 3.66. The number of likely N-dealkylation sites (N-methyl/N-ethyl adjacent to an activating group) is 1. The monoisotopic (exact) mass is 296 g/mol. The Balaban J connectivity index is 2.34. The number of nitrogens with zero attached hydrogens (tertiary/aromatic N) is 1. The fourth-order valence-electron chi connectivity index (χ4n) is 2.88. The van der Waals surface area contributed by atoms with Gasteiger partial charge in [0.25, 0.3) is 0 Å². The first-order chi connectivity index (χ1) is 8.07. The molecule has 1 aliphatic rings. The number of nitrogens with one attached hydrogen (secondary N) is 1. The van der Waals surface area contributed by atoms with Crippen molar-refractivity contribution in [3.8, 4) is 0 Å². The number of rotatable bonds is 2. The minimum Gasteiger partial charge on any atom is -0.364 e. The van der Waals surface area contributed by atoms with Gasteiger partial charge in [-0.15, -0.1) is 0 Å². The van der Waals surface area contributed by atoms with Crippen molar-refractivity contribution in [3.63, 3.8) is 0 Å². The molecule has 1 fully saturated rings. The first-order valence-electron chi connectivity index (χ1n) is 6.27. The summed E-state index contributed by atoms with van der Waals surface area (Å²) in [7, 11) is 2.07. The standard InChI is InChI=1S/C14H21BrN2/c1-14(2)13(16-3)9-6-10-17(14)12-8-5-4-7-11(12)15/h4-5,7-8,13,16H,6,9-10H2,1-3H3. The first-order valence-corrected chi connectivity index (χ1v) is 7.06. The molecule has 94 valence electrons. The molecule has 3 heteroatoms. The second kappa shape index (κ2) is 4.99. The van der Waals surface area contributed by atoms with Crippen molar-refractivity contribution in [3.05, 3.63) is 28.7 Å². The predicted molar refractivity (Wildman–Crippen MR) is 77.6 cm³/mol. The van der Waals surface area contributed by atoms with Crippen LogP contribution in [0.3, 0.4) is 0 Å². The molecule has 0 bridgehead atoms. The van der Waals surface area contributed by atoms with Crippen LogP contribution in [0.15, 0.2) is 28.7 Å². The minimum atomic E-state index is 0.150. The van der Waals surface area contributed by atoms with Gasteiger partial charge in [0.05, 0.1) is 5.69 Å². The van der Waals surface area contributed by atoms with Crippen LogP contribution < -0.4 is 10.2 Å².